The summed E-state index contributed by atoms with van der Waals surface area (Å²) in [5, 5.41) is 0. The molecular weight excluding hydrogens is 289 g/mol. The molecule has 21 heavy (non-hydrogen) atoms. The molecule has 0 N–H and O–H groups in total. The van der Waals surface area contributed by atoms with Crippen LogP contribution < -0.4 is 4.74 Å². The summed E-state index contributed by atoms with van der Waals surface area (Å²) >= 11 is 0. The number of para-hydroxylation sites is 1. The van der Waals surface area contributed by atoms with Gasteiger partial charge in [-0.2, -0.15) is 0 Å². The van der Waals surface area contributed by atoms with Crippen LogP contribution in [0.1, 0.15) is 10.5 Å². The lowest BCUT2D eigenvalue weighted by Gasteiger charge is -2.12. The van der Waals surface area contributed by atoms with Crippen molar-refractivity contribution in [1.82, 2.24) is 9.97 Å². The number of halogens is 3. The Balaban J connectivity index is 2.45. The Hall–Kier alpha value is -2.64. The Kier molecular flexibility index (Phi) is 4.06. The van der Waals surface area contributed by atoms with E-state index in [2.05, 4.69) is 19.4 Å². The number of carbonyl (C=O) groups is 1. The zero-order valence-corrected chi connectivity index (χ0v) is 10.7. The van der Waals surface area contributed by atoms with Crippen molar-refractivity contribution in [3.8, 4) is 17.1 Å². The number of nitrogens with zero attached hydrogens (tertiary/aromatic N) is 2. The van der Waals surface area contributed by atoms with Crippen LogP contribution in [0.5, 0.6) is 5.75 Å². The van der Waals surface area contributed by atoms with E-state index in [0.29, 0.717) is 0 Å². The highest BCUT2D eigenvalue weighted by Crippen LogP contribution is 2.31. The Bertz CT molecular complexity index is 659. The van der Waals surface area contributed by atoms with E-state index < -0.39 is 18.1 Å². The maximum absolute atomic E-state index is 12.4. The molecule has 8 heteroatoms. The summed E-state index contributed by atoms with van der Waals surface area (Å²) in [6.45, 7) is 0. The van der Waals surface area contributed by atoms with Crippen molar-refractivity contribution in [3.05, 3.63) is 42.2 Å². The molecule has 0 unspecified atom stereocenters. The molecular formula is C13H9F3N2O3. The summed E-state index contributed by atoms with van der Waals surface area (Å²) < 4.78 is 45.5. The second-order valence-electron chi connectivity index (χ2n) is 3.80. The van der Waals surface area contributed by atoms with Crippen LogP contribution in [0.3, 0.4) is 0 Å². The number of hydrogen-bond donors (Lipinski definition) is 0. The lowest BCUT2D eigenvalue weighted by atomic mass is 10.2. The monoisotopic (exact) mass is 298 g/mol. The highest BCUT2D eigenvalue weighted by atomic mass is 19.4. The van der Waals surface area contributed by atoms with Crippen molar-refractivity contribution in [3.63, 3.8) is 0 Å². The molecule has 0 fully saturated rings. The average molecular weight is 298 g/mol. The van der Waals surface area contributed by atoms with Crippen LogP contribution in [-0.4, -0.2) is 29.4 Å². The number of carbonyl (C=O) groups excluding carboxylic acids is 1. The quantitative estimate of drug-likeness (QED) is 0.815. The van der Waals surface area contributed by atoms with Crippen molar-refractivity contribution < 1.29 is 27.4 Å². The van der Waals surface area contributed by atoms with E-state index in [-0.39, 0.29) is 17.1 Å². The van der Waals surface area contributed by atoms with Gasteiger partial charge in [-0.1, -0.05) is 12.1 Å². The van der Waals surface area contributed by atoms with Crippen molar-refractivity contribution in [2.45, 2.75) is 6.36 Å². The molecule has 0 aliphatic heterocycles. The van der Waals surface area contributed by atoms with Crippen molar-refractivity contribution in [2.75, 3.05) is 7.11 Å². The van der Waals surface area contributed by atoms with Gasteiger partial charge >= 0.3 is 12.3 Å². The van der Waals surface area contributed by atoms with Gasteiger partial charge in [-0.25, -0.2) is 14.8 Å². The Labute approximate surface area is 117 Å². The number of rotatable bonds is 3. The summed E-state index contributed by atoms with van der Waals surface area (Å²) in [6.07, 6.45) is -3.59. The van der Waals surface area contributed by atoms with Gasteiger partial charge in [0.15, 0.2) is 11.5 Å². The Morgan fingerprint density at radius 1 is 1.19 bits per heavy atom. The normalized spacial score (nSPS) is 11.0. The highest BCUT2D eigenvalue weighted by Gasteiger charge is 2.32. The Morgan fingerprint density at radius 3 is 2.57 bits per heavy atom. The van der Waals surface area contributed by atoms with Gasteiger partial charge in [0, 0.05) is 6.20 Å². The standard InChI is InChI=1S/C13H9F3N2O3/c1-20-12(19)9-6-7-17-11(18-9)8-4-2-3-5-10(8)21-13(14,15)16/h2-7H,1H3. The van der Waals surface area contributed by atoms with Crippen molar-refractivity contribution in [1.29, 1.82) is 0 Å². The molecule has 0 radical (unpaired) electrons. The number of aromatic nitrogens is 2. The topological polar surface area (TPSA) is 61.3 Å². The van der Waals surface area contributed by atoms with Gasteiger partial charge in [-0.3, -0.25) is 0 Å². The second kappa shape index (κ2) is 5.78. The minimum Gasteiger partial charge on any atom is -0.464 e. The molecule has 0 spiro atoms. The second-order valence-corrected chi connectivity index (χ2v) is 3.80. The van der Waals surface area contributed by atoms with Crippen LogP contribution in [-0.2, 0) is 4.74 Å². The van der Waals surface area contributed by atoms with Gasteiger partial charge in [0.2, 0.25) is 0 Å². The van der Waals surface area contributed by atoms with E-state index in [0.717, 1.165) is 6.07 Å². The molecule has 0 aliphatic carbocycles. The molecule has 0 amide bonds. The minimum absolute atomic E-state index is 0.0144. The number of esters is 1. The van der Waals surface area contributed by atoms with E-state index >= 15 is 0 Å². The van der Waals surface area contributed by atoms with Gasteiger partial charge in [0.25, 0.3) is 0 Å². The molecule has 2 aromatic rings. The number of ether oxygens (including phenoxy) is 2. The number of alkyl halides is 3. The summed E-state index contributed by atoms with van der Waals surface area (Å²) in [7, 11) is 1.17. The fraction of sp³-hybridized carbons (Fsp3) is 0.154. The van der Waals surface area contributed by atoms with E-state index in [1.807, 2.05) is 0 Å². The molecule has 5 nitrogen and oxygen atoms in total. The third-order valence-electron chi connectivity index (χ3n) is 2.40. The van der Waals surface area contributed by atoms with Crippen molar-refractivity contribution in [2.24, 2.45) is 0 Å². The first-order valence-electron chi connectivity index (χ1n) is 5.67. The molecule has 0 aliphatic rings. The molecule has 1 heterocycles. The molecule has 0 saturated carbocycles. The minimum atomic E-state index is -4.84. The average Bonchev–Trinajstić information content (AvgIpc) is 2.45. The number of benzene rings is 1. The SMILES string of the molecule is COC(=O)c1ccnc(-c2ccccc2OC(F)(F)F)n1. The van der Waals surface area contributed by atoms with E-state index in [9.17, 15) is 18.0 Å². The number of methoxy groups -OCH3 is 1. The molecule has 0 saturated heterocycles. The molecule has 2 rings (SSSR count). The summed E-state index contributed by atoms with van der Waals surface area (Å²) in [5.74, 6) is -1.24. The first kappa shape index (κ1) is 14.8. The summed E-state index contributed by atoms with van der Waals surface area (Å²) in [4.78, 5) is 19.1. The number of hydrogen-bond acceptors (Lipinski definition) is 5. The van der Waals surface area contributed by atoms with E-state index in [1.54, 1.807) is 0 Å². The van der Waals surface area contributed by atoms with Crippen LogP contribution in [0.25, 0.3) is 11.4 Å². The van der Waals surface area contributed by atoms with Crippen LogP contribution in [0.2, 0.25) is 0 Å². The predicted octanol–water partition coefficient (Wildman–Crippen LogP) is 2.83. The lowest BCUT2D eigenvalue weighted by Crippen LogP contribution is -2.17. The lowest BCUT2D eigenvalue weighted by molar-refractivity contribution is -0.274. The molecule has 1 aromatic carbocycles. The van der Waals surface area contributed by atoms with E-state index in [4.69, 9.17) is 0 Å². The molecule has 1 aromatic heterocycles. The fourth-order valence-corrected chi connectivity index (χ4v) is 1.57. The van der Waals surface area contributed by atoms with Gasteiger partial charge < -0.3 is 9.47 Å². The zero-order chi connectivity index (χ0) is 15.5. The maximum Gasteiger partial charge on any atom is 0.573 e. The first-order chi connectivity index (χ1) is 9.90. The van der Waals surface area contributed by atoms with Crippen LogP contribution in [0, 0.1) is 0 Å². The van der Waals surface area contributed by atoms with Gasteiger partial charge in [0.1, 0.15) is 5.75 Å². The van der Waals surface area contributed by atoms with Crippen LogP contribution in [0.15, 0.2) is 36.5 Å². The largest absolute Gasteiger partial charge is 0.573 e. The molecule has 110 valence electrons. The van der Waals surface area contributed by atoms with Gasteiger partial charge in [0.05, 0.1) is 12.7 Å². The van der Waals surface area contributed by atoms with Crippen LogP contribution in [0.4, 0.5) is 13.2 Å². The van der Waals surface area contributed by atoms with Crippen molar-refractivity contribution >= 4 is 5.97 Å². The predicted molar refractivity (Wildman–Crippen MR) is 65.5 cm³/mol. The highest BCUT2D eigenvalue weighted by molar-refractivity contribution is 5.87. The summed E-state index contributed by atoms with van der Waals surface area (Å²) in [6, 6.07) is 6.68. The van der Waals surface area contributed by atoms with E-state index in [1.165, 1.54) is 37.6 Å². The first-order valence-corrected chi connectivity index (χ1v) is 5.67. The van der Waals surface area contributed by atoms with Gasteiger partial charge in [-0.05, 0) is 18.2 Å². The third-order valence-corrected chi connectivity index (χ3v) is 2.40. The summed E-state index contributed by atoms with van der Waals surface area (Å²) in [5.41, 5.74) is -0.0510. The third kappa shape index (κ3) is 3.68. The maximum atomic E-state index is 12.4. The van der Waals surface area contributed by atoms with Crippen LogP contribution >= 0.6 is 0 Å². The molecule has 0 atom stereocenters. The Morgan fingerprint density at radius 2 is 1.90 bits per heavy atom. The van der Waals surface area contributed by atoms with Gasteiger partial charge in [-0.15, -0.1) is 13.2 Å². The molecule has 0 bridgehead atoms. The zero-order valence-electron chi connectivity index (χ0n) is 10.7. The smallest absolute Gasteiger partial charge is 0.464 e. The fourth-order valence-electron chi connectivity index (χ4n) is 1.57.